The third-order valence-electron chi connectivity index (χ3n) is 4.31. The highest BCUT2D eigenvalue weighted by molar-refractivity contribution is 8.00. The van der Waals surface area contributed by atoms with E-state index in [1.54, 1.807) is 13.0 Å². The summed E-state index contributed by atoms with van der Waals surface area (Å²) in [6.45, 7) is 2.23. The molecule has 1 amide bonds. The van der Waals surface area contributed by atoms with Crippen molar-refractivity contribution in [1.82, 2.24) is 30.2 Å². The van der Waals surface area contributed by atoms with Gasteiger partial charge in [-0.1, -0.05) is 11.8 Å². The number of rotatable bonds is 6. The van der Waals surface area contributed by atoms with Crippen molar-refractivity contribution in [3.63, 3.8) is 0 Å². The van der Waals surface area contributed by atoms with Crippen LogP contribution in [-0.4, -0.2) is 42.6 Å². The summed E-state index contributed by atoms with van der Waals surface area (Å²) in [4.78, 5) is 30.8. The summed E-state index contributed by atoms with van der Waals surface area (Å²) in [6, 6.07) is 4.61. The lowest BCUT2D eigenvalue weighted by Crippen LogP contribution is -2.32. The second-order valence-electron chi connectivity index (χ2n) is 6.20. The van der Waals surface area contributed by atoms with E-state index in [4.69, 9.17) is 11.6 Å². The molecule has 1 aromatic carbocycles. The third-order valence-corrected chi connectivity index (χ3v) is 5.56. The average Bonchev–Trinajstić information content (AvgIpc) is 3.28. The number of benzene rings is 1. The number of carbonyl (C=O) groups excluding carboxylic acids is 1. The Bertz CT molecular complexity index is 1160. The molecule has 0 saturated heterocycles. The first-order valence-corrected chi connectivity index (χ1v) is 9.83. The van der Waals surface area contributed by atoms with Gasteiger partial charge >= 0.3 is 0 Å². The van der Waals surface area contributed by atoms with Crippen LogP contribution < -0.4 is 5.32 Å². The summed E-state index contributed by atoms with van der Waals surface area (Å²) in [5, 5.41) is 4.00. The van der Waals surface area contributed by atoms with Gasteiger partial charge in [-0.3, -0.25) is 4.79 Å². The topological polar surface area (TPSA) is 99.3 Å². The molecule has 0 aliphatic carbocycles. The monoisotopic (exact) mass is 418 g/mol. The molecule has 0 aliphatic rings. The number of carbonyl (C=O) groups is 1. The number of thioether (sulfide) groups is 1. The summed E-state index contributed by atoms with van der Waals surface area (Å²) >= 11 is 7.20. The molecule has 3 aromatic heterocycles. The van der Waals surface area contributed by atoms with Gasteiger partial charge in [0.05, 0.1) is 11.6 Å². The van der Waals surface area contributed by atoms with Crippen molar-refractivity contribution in [3.05, 3.63) is 47.4 Å². The van der Waals surface area contributed by atoms with Crippen molar-refractivity contribution in [2.75, 3.05) is 6.54 Å². The first-order valence-electron chi connectivity index (χ1n) is 8.58. The Labute approximate surface area is 168 Å². The molecule has 0 bridgehead atoms. The van der Waals surface area contributed by atoms with Crippen molar-refractivity contribution >= 4 is 51.3 Å². The van der Waals surface area contributed by atoms with Crippen LogP contribution >= 0.6 is 23.4 Å². The van der Waals surface area contributed by atoms with E-state index in [2.05, 4.69) is 30.2 Å². The molecule has 1 atom stereocenters. The van der Waals surface area contributed by atoms with Crippen LogP contribution in [0, 0.1) is 5.82 Å². The SMILES string of the molecule is C[C@H](Sc1nc(Cl)nc2nc[nH]c12)C(=O)NCCc1c[nH]c2ccc(F)cc12. The number of amides is 1. The van der Waals surface area contributed by atoms with Gasteiger partial charge in [0, 0.05) is 23.6 Å². The Morgan fingerprint density at radius 1 is 1.36 bits per heavy atom. The van der Waals surface area contributed by atoms with Gasteiger partial charge in [0.2, 0.25) is 11.2 Å². The van der Waals surface area contributed by atoms with E-state index in [9.17, 15) is 9.18 Å². The van der Waals surface area contributed by atoms with Crippen LogP contribution in [0.3, 0.4) is 0 Å². The standard InChI is InChI=1S/C18H16ClFN6OS/c1-9(28-17-14-15(24-8-23-14)25-18(19)26-17)16(27)21-5-4-10-7-22-13-3-2-11(20)6-12(10)13/h2-3,6-9,22H,4-5H2,1H3,(H,21,27)(H,23,24,25,26)/t9-/m0/s1. The zero-order valence-corrected chi connectivity index (χ0v) is 16.4. The predicted octanol–water partition coefficient (Wildman–Crippen LogP) is 3.47. The summed E-state index contributed by atoms with van der Waals surface area (Å²) in [7, 11) is 0. The van der Waals surface area contributed by atoms with Crippen molar-refractivity contribution in [2.45, 2.75) is 23.6 Å². The van der Waals surface area contributed by atoms with Gasteiger partial charge in [0.1, 0.15) is 16.4 Å². The van der Waals surface area contributed by atoms with E-state index in [1.165, 1.54) is 30.2 Å². The number of aromatic nitrogens is 5. The predicted molar refractivity (Wildman–Crippen MR) is 107 cm³/mol. The molecule has 10 heteroatoms. The Hall–Kier alpha value is -2.65. The molecular formula is C18H16ClFN6OS. The molecule has 144 valence electrons. The summed E-state index contributed by atoms with van der Waals surface area (Å²) < 4.78 is 13.5. The number of hydrogen-bond donors (Lipinski definition) is 3. The van der Waals surface area contributed by atoms with Crippen LogP contribution in [-0.2, 0) is 11.2 Å². The Morgan fingerprint density at radius 2 is 2.21 bits per heavy atom. The maximum absolute atomic E-state index is 13.5. The molecule has 4 aromatic rings. The molecule has 0 spiro atoms. The number of nitrogens with zero attached hydrogens (tertiary/aromatic N) is 3. The molecule has 0 saturated carbocycles. The molecule has 3 heterocycles. The third kappa shape index (κ3) is 3.81. The highest BCUT2D eigenvalue weighted by Crippen LogP contribution is 2.28. The van der Waals surface area contributed by atoms with Gasteiger partial charge in [-0.05, 0) is 48.7 Å². The van der Waals surface area contributed by atoms with Gasteiger partial charge in [0.25, 0.3) is 0 Å². The van der Waals surface area contributed by atoms with Crippen LogP contribution in [0.25, 0.3) is 22.1 Å². The lowest BCUT2D eigenvalue weighted by atomic mass is 10.1. The molecule has 4 rings (SSSR count). The largest absolute Gasteiger partial charge is 0.361 e. The van der Waals surface area contributed by atoms with Gasteiger partial charge in [-0.2, -0.15) is 4.98 Å². The maximum Gasteiger partial charge on any atom is 0.233 e. The van der Waals surface area contributed by atoms with Crippen molar-refractivity contribution < 1.29 is 9.18 Å². The minimum Gasteiger partial charge on any atom is -0.361 e. The van der Waals surface area contributed by atoms with Crippen molar-refractivity contribution in [2.24, 2.45) is 0 Å². The molecule has 28 heavy (non-hydrogen) atoms. The second-order valence-corrected chi connectivity index (χ2v) is 7.87. The normalized spacial score (nSPS) is 12.5. The van der Waals surface area contributed by atoms with Crippen molar-refractivity contribution in [3.8, 4) is 0 Å². The Morgan fingerprint density at radius 3 is 3.07 bits per heavy atom. The van der Waals surface area contributed by atoms with Crippen LogP contribution in [0.15, 0.2) is 35.7 Å². The second kappa shape index (κ2) is 7.76. The van der Waals surface area contributed by atoms with Crippen molar-refractivity contribution in [1.29, 1.82) is 0 Å². The van der Waals surface area contributed by atoms with E-state index in [-0.39, 0.29) is 17.0 Å². The van der Waals surface area contributed by atoms with Crippen LogP contribution in [0.5, 0.6) is 0 Å². The van der Waals surface area contributed by atoms with Gasteiger partial charge in [0.15, 0.2) is 5.65 Å². The number of aromatic amines is 2. The number of imidazole rings is 1. The fourth-order valence-electron chi connectivity index (χ4n) is 2.91. The maximum atomic E-state index is 13.5. The fraction of sp³-hybridized carbons (Fsp3) is 0.222. The highest BCUT2D eigenvalue weighted by atomic mass is 35.5. The molecule has 0 aliphatic heterocycles. The summed E-state index contributed by atoms with van der Waals surface area (Å²) in [5.41, 5.74) is 2.93. The molecule has 7 nitrogen and oxygen atoms in total. The van der Waals surface area contributed by atoms with E-state index in [0.29, 0.717) is 29.2 Å². The molecule has 0 fully saturated rings. The van der Waals surface area contributed by atoms with E-state index in [1.807, 2.05) is 6.20 Å². The average molecular weight is 419 g/mol. The smallest absolute Gasteiger partial charge is 0.233 e. The van der Waals surface area contributed by atoms with Gasteiger partial charge in [-0.25, -0.2) is 14.4 Å². The van der Waals surface area contributed by atoms with E-state index >= 15 is 0 Å². The fourth-order valence-corrected chi connectivity index (χ4v) is 4.06. The first kappa shape index (κ1) is 18.7. The number of hydrogen-bond acceptors (Lipinski definition) is 5. The minimum atomic E-state index is -0.391. The van der Waals surface area contributed by atoms with Crippen LogP contribution in [0.4, 0.5) is 4.39 Å². The van der Waals surface area contributed by atoms with Crippen LogP contribution in [0.1, 0.15) is 12.5 Å². The zero-order chi connectivity index (χ0) is 19.7. The lowest BCUT2D eigenvalue weighted by molar-refractivity contribution is -0.120. The zero-order valence-electron chi connectivity index (χ0n) is 14.8. The van der Waals surface area contributed by atoms with E-state index < -0.39 is 5.25 Å². The first-order chi connectivity index (χ1) is 13.5. The van der Waals surface area contributed by atoms with Crippen LogP contribution in [0.2, 0.25) is 5.28 Å². The number of H-pyrrole nitrogens is 2. The number of fused-ring (bicyclic) bond motifs is 2. The number of nitrogens with one attached hydrogen (secondary N) is 3. The lowest BCUT2D eigenvalue weighted by Gasteiger charge is -2.12. The number of halogens is 2. The minimum absolute atomic E-state index is 0.0845. The highest BCUT2D eigenvalue weighted by Gasteiger charge is 2.18. The van der Waals surface area contributed by atoms with Gasteiger partial charge in [-0.15, -0.1) is 0 Å². The molecule has 0 radical (unpaired) electrons. The summed E-state index contributed by atoms with van der Waals surface area (Å²) in [5.74, 6) is -0.408. The molecular weight excluding hydrogens is 403 g/mol. The summed E-state index contributed by atoms with van der Waals surface area (Å²) in [6.07, 6.45) is 3.94. The molecule has 0 unspecified atom stereocenters. The Kier molecular flexibility index (Phi) is 5.19. The van der Waals surface area contributed by atoms with Gasteiger partial charge < -0.3 is 15.3 Å². The quantitative estimate of drug-likeness (QED) is 0.253. The Balaban J connectivity index is 1.38. The van der Waals surface area contributed by atoms with E-state index in [0.717, 1.165) is 16.5 Å². The molecule has 3 N–H and O–H groups in total.